The molecule has 1 aliphatic rings. The summed E-state index contributed by atoms with van der Waals surface area (Å²) in [4.78, 5) is 0. The standard InChI is InChI=1S/C13H25IO2/c1-11(2)10-15-8-9-16-13-7-5-3-4-6-12(13)14/h11-13H,3-10H2,1-2H3. The average molecular weight is 340 g/mol. The zero-order valence-corrected chi connectivity index (χ0v) is 12.7. The molecule has 0 saturated heterocycles. The predicted octanol–water partition coefficient (Wildman–Crippen LogP) is 3.81. The lowest BCUT2D eigenvalue weighted by Crippen LogP contribution is -2.25. The Kier molecular flexibility index (Phi) is 8.00. The predicted molar refractivity (Wildman–Crippen MR) is 76.3 cm³/mol. The summed E-state index contributed by atoms with van der Waals surface area (Å²) in [5.74, 6) is 0.621. The minimum absolute atomic E-state index is 0.464. The van der Waals surface area contributed by atoms with E-state index in [9.17, 15) is 0 Å². The Morgan fingerprint density at radius 3 is 2.62 bits per heavy atom. The van der Waals surface area contributed by atoms with Crippen LogP contribution in [0, 0.1) is 5.92 Å². The van der Waals surface area contributed by atoms with E-state index < -0.39 is 0 Å². The van der Waals surface area contributed by atoms with Gasteiger partial charge in [0.1, 0.15) is 0 Å². The lowest BCUT2D eigenvalue weighted by molar-refractivity contribution is -0.00200. The highest BCUT2D eigenvalue weighted by Crippen LogP contribution is 2.26. The van der Waals surface area contributed by atoms with Gasteiger partial charge in [0.2, 0.25) is 0 Å². The van der Waals surface area contributed by atoms with Crippen LogP contribution in [0.25, 0.3) is 0 Å². The highest BCUT2D eigenvalue weighted by Gasteiger charge is 2.21. The van der Waals surface area contributed by atoms with Gasteiger partial charge >= 0.3 is 0 Å². The second kappa shape index (κ2) is 8.70. The highest BCUT2D eigenvalue weighted by molar-refractivity contribution is 14.1. The summed E-state index contributed by atoms with van der Waals surface area (Å²) in [6.07, 6.45) is 7.10. The number of rotatable bonds is 6. The third-order valence-electron chi connectivity index (χ3n) is 2.88. The Morgan fingerprint density at radius 2 is 1.88 bits per heavy atom. The maximum atomic E-state index is 5.92. The maximum Gasteiger partial charge on any atom is 0.0704 e. The van der Waals surface area contributed by atoms with Crippen molar-refractivity contribution >= 4 is 22.6 Å². The topological polar surface area (TPSA) is 18.5 Å². The molecular formula is C13H25IO2. The molecule has 96 valence electrons. The minimum atomic E-state index is 0.464. The molecule has 0 bridgehead atoms. The fourth-order valence-electron chi connectivity index (χ4n) is 1.99. The smallest absolute Gasteiger partial charge is 0.0704 e. The Balaban J connectivity index is 2.06. The molecule has 0 aromatic rings. The van der Waals surface area contributed by atoms with Crippen molar-refractivity contribution in [1.82, 2.24) is 0 Å². The Bertz CT molecular complexity index is 173. The maximum absolute atomic E-state index is 5.92. The zero-order valence-electron chi connectivity index (χ0n) is 10.6. The van der Waals surface area contributed by atoms with Crippen LogP contribution < -0.4 is 0 Å². The van der Waals surface area contributed by atoms with E-state index in [0.29, 0.717) is 15.9 Å². The molecule has 16 heavy (non-hydrogen) atoms. The second-order valence-corrected chi connectivity index (χ2v) is 6.63. The van der Waals surface area contributed by atoms with Gasteiger partial charge < -0.3 is 9.47 Å². The van der Waals surface area contributed by atoms with Gasteiger partial charge in [-0.2, -0.15) is 0 Å². The molecule has 1 rings (SSSR count). The first kappa shape index (κ1) is 14.7. The molecule has 0 aliphatic heterocycles. The summed E-state index contributed by atoms with van der Waals surface area (Å²) in [5.41, 5.74) is 0. The van der Waals surface area contributed by atoms with Crippen molar-refractivity contribution in [3.05, 3.63) is 0 Å². The summed E-state index contributed by atoms with van der Waals surface area (Å²) in [7, 11) is 0. The fraction of sp³-hybridized carbons (Fsp3) is 1.00. The molecule has 1 aliphatic carbocycles. The van der Waals surface area contributed by atoms with Gasteiger partial charge in [-0.15, -0.1) is 0 Å². The lowest BCUT2D eigenvalue weighted by Gasteiger charge is -2.20. The quantitative estimate of drug-likeness (QED) is 0.317. The van der Waals surface area contributed by atoms with Gasteiger partial charge in [-0.25, -0.2) is 0 Å². The Hall–Kier alpha value is 0.650. The van der Waals surface area contributed by atoms with E-state index in [2.05, 4.69) is 36.4 Å². The van der Waals surface area contributed by atoms with E-state index in [1.54, 1.807) is 0 Å². The summed E-state index contributed by atoms with van der Waals surface area (Å²) in [6.45, 7) is 6.71. The molecule has 0 amide bonds. The van der Waals surface area contributed by atoms with E-state index in [4.69, 9.17) is 9.47 Å². The average Bonchev–Trinajstić information content (AvgIpc) is 2.43. The van der Waals surface area contributed by atoms with E-state index in [-0.39, 0.29) is 0 Å². The van der Waals surface area contributed by atoms with Gasteiger partial charge in [0.05, 0.1) is 19.3 Å². The van der Waals surface area contributed by atoms with Crippen molar-refractivity contribution in [2.75, 3.05) is 19.8 Å². The Morgan fingerprint density at radius 1 is 1.12 bits per heavy atom. The lowest BCUT2D eigenvalue weighted by atomic mass is 10.1. The molecule has 0 spiro atoms. The third-order valence-corrected chi connectivity index (χ3v) is 4.31. The van der Waals surface area contributed by atoms with E-state index in [1.807, 2.05) is 0 Å². The molecule has 1 saturated carbocycles. The minimum Gasteiger partial charge on any atom is -0.379 e. The van der Waals surface area contributed by atoms with E-state index in [1.165, 1.54) is 32.1 Å². The summed E-state index contributed by atoms with van der Waals surface area (Å²) < 4.78 is 12.1. The van der Waals surface area contributed by atoms with Crippen molar-refractivity contribution in [3.8, 4) is 0 Å². The van der Waals surface area contributed by atoms with Crippen molar-refractivity contribution in [1.29, 1.82) is 0 Å². The largest absolute Gasteiger partial charge is 0.379 e. The highest BCUT2D eigenvalue weighted by atomic mass is 127. The van der Waals surface area contributed by atoms with Crippen LogP contribution in [0.15, 0.2) is 0 Å². The van der Waals surface area contributed by atoms with Crippen molar-refractivity contribution in [3.63, 3.8) is 0 Å². The van der Waals surface area contributed by atoms with Gasteiger partial charge in [-0.1, -0.05) is 55.7 Å². The first-order valence-corrected chi connectivity index (χ1v) is 7.78. The summed E-state index contributed by atoms with van der Waals surface area (Å²) >= 11 is 2.55. The molecule has 3 heteroatoms. The van der Waals surface area contributed by atoms with Crippen molar-refractivity contribution in [2.24, 2.45) is 5.92 Å². The van der Waals surface area contributed by atoms with Crippen molar-refractivity contribution < 1.29 is 9.47 Å². The van der Waals surface area contributed by atoms with Crippen LogP contribution in [-0.4, -0.2) is 29.8 Å². The first-order valence-electron chi connectivity index (χ1n) is 6.53. The van der Waals surface area contributed by atoms with Crippen molar-refractivity contribution in [2.45, 2.75) is 56.0 Å². The van der Waals surface area contributed by atoms with Crippen LogP contribution >= 0.6 is 22.6 Å². The van der Waals surface area contributed by atoms with E-state index in [0.717, 1.165) is 19.8 Å². The molecular weight excluding hydrogens is 315 g/mol. The molecule has 0 N–H and O–H groups in total. The molecule has 1 fully saturated rings. The van der Waals surface area contributed by atoms with Crippen LogP contribution in [0.4, 0.5) is 0 Å². The number of ether oxygens (including phenoxy) is 2. The van der Waals surface area contributed by atoms with Gasteiger partial charge in [0.25, 0.3) is 0 Å². The molecule has 0 aromatic heterocycles. The Labute approximate surface area is 114 Å². The monoisotopic (exact) mass is 340 g/mol. The molecule has 0 heterocycles. The summed E-state index contributed by atoms with van der Waals surface area (Å²) in [6, 6.07) is 0. The van der Waals surface area contributed by atoms with E-state index >= 15 is 0 Å². The van der Waals surface area contributed by atoms with Gasteiger partial charge in [-0.05, 0) is 18.8 Å². The molecule has 2 atom stereocenters. The third kappa shape index (κ3) is 6.40. The van der Waals surface area contributed by atoms with Crippen LogP contribution in [0.5, 0.6) is 0 Å². The normalized spacial score (nSPS) is 27.0. The fourth-order valence-corrected chi connectivity index (χ4v) is 3.00. The number of hydrogen-bond acceptors (Lipinski definition) is 2. The van der Waals surface area contributed by atoms with Crippen LogP contribution in [0.3, 0.4) is 0 Å². The SMILES string of the molecule is CC(C)COCCOC1CCCCCC1I. The van der Waals surface area contributed by atoms with Crippen LogP contribution in [-0.2, 0) is 9.47 Å². The zero-order chi connectivity index (χ0) is 11.8. The van der Waals surface area contributed by atoms with Gasteiger partial charge in [-0.3, -0.25) is 0 Å². The number of halogens is 1. The summed E-state index contributed by atoms with van der Waals surface area (Å²) in [5, 5.41) is 0. The molecule has 0 aromatic carbocycles. The number of hydrogen-bond donors (Lipinski definition) is 0. The number of alkyl halides is 1. The second-order valence-electron chi connectivity index (χ2n) is 5.03. The van der Waals surface area contributed by atoms with Gasteiger partial charge in [0, 0.05) is 10.5 Å². The van der Waals surface area contributed by atoms with Crippen LogP contribution in [0.1, 0.15) is 46.0 Å². The van der Waals surface area contributed by atoms with Gasteiger partial charge in [0.15, 0.2) is 0 Å². The molecule has 2 nitrogen and oxygen atoms in total. The molecule has 2 unspecified atom stereocenters. The van der Waals surface area contributed by atoms with Crippen LogP contribution in [0.2, 0.25) is 0 Å². The molecule has 0 radical (unpaired) electrons. The first-order chi connectivity index (χ1) is 7.70.